The number of hydrogen-bond donors (Lipinski definition) is 0. The van der Waals surface area contributed by atoms with Crippen molar-refractivity contribution in [3.63, 3.8) is 0 Å². The SMILES string of the molecule is COc1cc2nc(Cl)nc(-c3ccccc3)c2c(OC)c1OC. The fraction of sp³-hybridized carbons (Fsp3) is 0.176. The predicted molar refractivity (Wildman–Crippen MR) is 89.6 cm³/mol. The molecule has 0 aliphatic heterocycles. The highest BCUT2D eigenvalue weighted by Gasteiger charge is 2.21. The Hall–Kier alpha value is -2.53. The Morgan fingerprint density at radius 2 is 1.57 bits per heavy atom. The van der Waals surface area contributed by atoms with Gasteiger partial charge in [-0.15, -0.1) is 0 Å². The molecule has 6 heteroatoms. The van der Waals surface area contributed by atoms with Crippen molar-refractivity contribution in [1.82, 2.24) is 9.97 Å². The van der Waals surface area contributed by atoms with Gasteiger partial charge in [0.15, 0.2) is 11.5 Å². The minimum Gasteiger partial charge on any atom is -0.493 e. The summed E-state index contributed by atoms with van der Waals surface area (Å²) in [6.07, 6.45) is 0. The molecule has 3 rings (SSSR count). The van der Waals surface area contributed by atoms with Crippen LogP contribution in [-0.4, -0.2) is 31.3 Å². The summed E-state index contributed by atoms with van der Waals surface area (Å²) in [6.45, 7) is 0. The van der Waals surface area contributed by atoms with E-state index < -0.39 is 0 Å². The van der Waals surface area contributed by atoms with Gasteiger partial charge in [0.25, 0.3) is 0 Å². The van der Waals surface area contributed by atoms with Crippen LogP contribution in [0.1, 0.15) is 0 Å². The molecule has 1 heterocycles. The van der Waals surface area contributed by atoms with Gasteiger partial charge in [-0.25, -0.2) is 9.97 Å². The largest absolute Gasteiger partial charge is 0.493 e. The second-order valence-corrected chi connectivity index (χ2v) is 5.08. The number of aromatic nitrogens is 2. The lowest BCUT2D eigenvalue weighted by Gasteiger charge is -2.16. The summed E-state index contributed by atoms with van der Waals surface area (Å²) in [5.74, 6) is 1.52. The standard InChI is InChI=1S/C17H15ClN2O3/c1-21-12-9-11-13(16(23-3)15(12)22-2)14(20-17(18)19-11)10-7-5-4-6-8-10/h4-9H,1-3H3. The number of halogens is 1. The second-order valence-electron chi connectivity index (χ2n) is 4.75. The maximum atomic E-state index is 6.10. The first-order valence-corrected chi connectivity index (χ1v) is 7.29. The number of fused-ring (bicyclic) bond motifs is 1. The summed E-state index contributed by atoms with van der Waals surface area (Å²) in [6, 6.07) is 11.5. The molecule has 0 saturated carbocycles. The highest BCUT2D eigenvalue weighted by atomic mass is 35.5. The van der Waals surface area contributed by atoms with E-state index in [0.29, 0.717) is 28.5 Å². The van der Waals surface area contributed by atoms with Crippen LogP contribution < -0.4 is 14.2 Å². The molecule has 118 valence electrons. The lowest BCUT2D eigenvalue weighted by atomic mass is 10.0. The Balaban J connectivity index is 2.45. The van der Waals surface area contributed by atoms with Crippen LogP contribution in [0.5, 0.6) is 17.2 Å². The normalized spacial score (nSPS) is 10.6. The molecule has 5 nitrogen and oxygen atoms in total. The number of hydrogen-bond acceptors (Lipinski definition) is 5. The van der Waals surface area contributed by atoms with E-state index >= 15 is 0 Å². The van der Waals surface area contributed by atoms with Crippen molar-refractivity contribution in [2.45, 2.75) is 0 Å². The fourth-order valence-corrected chi connectivity index (χ4v) is 2.71. The summed E-state index contributed by atoms with van der Waals surface area (Å²) in [7, 11) is 4.69. The van der Waals surface area contributed by atoms with E-state index in [9.17, 15) is 0 Å². The molecular weight excluding hydrogens is 316 g/mol. The molecular formula is C17H15ClN2O3. The van der Waals surface area contributed by atoms with Crippen LogP contribution in [0.25, 0.3) is 22.2 Å². The van der Waals surface area contributed by atoms with Crippen LogP contribution in [0.3, 0.4) is 0 Å². The lowest BCUT2D eigenvalue weighted by molar-refractivity contribution is 0.327. The molecule has 0 spiro atoms. The number of benzene rings is 2. The Morgan fingerprint density at radius 1 is 0.870 bits per heavy atom. The zero-order valence-electron chi connectivity index (χ0n) is 13.0. The Labute approximate surface area is 138 Å². The second kappa shape index (κ2) is 6.30. The van der Waals surface area contributed by atoms with Gasteiger partial charge in [-0.1, -0.05) is 30.3 Å². The highest BCUT2D eigenvalue weighted by molar-refractivity contribution is 6.29. The third-order valence-corrected chi connectivity index (χ3v) is 3.68. The van der Waals surface area contributed by atoms with Crippen LogP contribution in [0.2, 0.25) is 5.28 Å². The van der Waals surface area contributed by atoms with Crippen molar-refractivity contribution in [3.8, 4) is 28.5 Å². The van der Waals surface area contributed by atoms with Gasteiger partial charge in [-0.3, -0.25) is 0 Å². The van der Waals surface area contributed by atoms with Gasteiger partial charge >= 0.3 is 0 Å². The van der Waals surface area contributed by atoms with E-state index in [2.05, 4.69) is 9.97 Å². The van der Waals surface area contributed by atoms with Gasteiger partial charge in [-0.2, -0.15) is 0 Å². The molecule has 0 bridgehead atoms. The molecule has 0 fully saturated rings. The summed E-state index contributed by atoms with van der Waals surface area (Å²) in [4.78, 5) is 8.68. The lowest BCUT2D eigenvalue weighted by Crippen LogP contribution is -1.99. The quantitative estimate of drug-likeness (QED) is 0.677. The van der Waals surface area contributed by atoms with Crippen molar-refractivity contribution in [2.75, 3.05) is 21.3 Å². The van der Waals surface area contributed by atoms with E-state index in [1.54, 1.807) is 27.4 Å². The maximum Gasteiger partial charge on any atom is 0.223 e. The molecule has 0 saturated heterocycles. The minimum atomic E-state index is 0.158. The zero-order chi connectivity index (χ0) is 16.4. The van der Waals surface area contributed by atoms with E-state index in [1.807, 2.05) is 30.3 Å². The molecule has 0 aliphatic carbocycles. The van der Waals surface area contributed by atoms with Crippen molar-refractivity contribution in [1.29, 1.82) is 0 Å². The van der Waals surface area contributed by atoms with Gasteiger partial charge < -0.3 is 14.2 Å². The molecule has 0 unspecified atom stereocenters. The molecule has 0 aliphatic rings. The monoisotopic (exact) mass is 330 g/mol. The van der Waals surface area contributed by atoms with E-state index in [1.165, 1.54) is 0 Å². The molecule has 0 N–H and O–H groups in total. The first-order valence-electron chi connectivity index (χ1n) is 6.91. The third-order valence-electron chi connectivity index (χ3n) is 3.51. The van der Waals surface area contributed by atoms with E-state index in [0.717, 1.165) is 10.9 Å². The first kappa shape index (κ1) is 15.4. The predicted octanol–water partition coefficient (Wildman–Crippen LogP) is 3.98. The molecule has 23 heavy (non-hydrogen) atoms. The smallest absolute Gasteiger partial charge is 0.223 e. The number of nitrogens with zero attached hydrogens (tertiary/aromatic N) is 2. The Morgan fingerprint density at radius 3 is 2.17 bits per heavy atom. The third kappa shape index (κ3) is 2.64. The molecule has 0 radical (unpaired) electrons. The van der Waals surface area contributed by atoms with Crippen LogP contribution in [0.15, 0.2) is 36.4 Å². The summed E-state index contributed by atoms with van der Waals surface area (Å²) in [5, 5.41) is 0.881. The molecule has 2 aromatic carbocycles. The van der Waals surface area contributed by atoms with Crippen LogP contribution >= 0.6 is 11.6 Å². The summed E-state index contributed by atoms with van der Waals surface area (Å²) < 4.78 is 16.4. The van der Waals surface area contributed by atoms with Gasteiger partial charge in [0, 0.05) is 11.6 Å². The fourth-order valence-electron chi connectivity index (χ4n) is 2.54. The Kier molecular flexibility index (Phi) is 4.21. The number of ether oxygens (including phenoxy) is 3. The van der Waals surface area contributed by atoms with Crippen LogP contribution in [0, 0.1) is 0 Å². The average Bonchev–Trinajstić information content (AvgIpc) is 2.59. The number of rotatable bonds is 4. The van der Waals surface area contributed by atoms with Crippen molar-refractivity contribution in [3.05, 3.63) is 41.7 Å². The highest BCUT2D eigenvalue weighted by Crippen LogP contribution is 2.45. The van der Waals surface area contributed by atoms with Crippen molar-refractivity contribution in [2.24, 2.45) is 0 Å². The molecule has 0 atom stereocenters. The zero-order valence-corrected chi connectivity index (χ0v) is 13.7. The maximum absolute atomic E-state index is 6.10. The summed E-state index contributed by atoms with van der Waals surface area (Å²) in [5.41, 5.74) is 2.21. The van der Waals surface area contributed by atoms with E-state index in [4.69, 9.17) is 25.8 Å². The summed E-state index contributed by atoms with van der Waals surface area (Å²) >= 11 is 6.10. The molecule has 0 amide bonds. The molecule has 3 aromatic rings. The van der Waals surface area contributed by atoms with Crippen LogP contribution in [0.4, 0.5) is 0 Å². The van der Waals surface area contributed by atoms with Gasteiger partial charge in [0.1, 0.15) is 0 Å². The first-order chi connectivity index (χ1) is 11.2. The average molecular weight is 331 g/mol. The van der Waals surface area contributed by atoms with Gasteiger partial charge in [0.05, 0.1) is 37.9 Å². The van der Waals surface area contributed by atoms with Crippen LogP contribution in [-0.2, 0) is 0 Å². The Bertz CT molecular complexity index is 854. The topological polar surface area (TPSA) is 53.5 Å². The number of methoxy groups -OCH3 is 3. The van der Waals surface area contributed by atoms with Gasteiger partial charge in [0.2, 0.25) is 11.0 Å². The van der Waals surface area contributed by atoms with E-state index in [-0.39, 0.29) is 5.28 Å². The van der Waals surface area contributed by atoms with Crippen molar-refractivity contribution >= 4 is 22.5 Å². The molecule has 1 aromatic heterocycles. The van der Waals surface area contributed by atoms with Gasteiger partial charge in [-0.05, 0) is 11.6 Å². The van der Waals surface area contributed by atoms with Crippen molar-refractivity contribution < 1.29 is 14.2 Å². The minimum absolute atomic E-state index is 0.158.